The van der Waals surface area contributed by atoms with Gasteiger partial charge in [-0.2, -0.15) is 0 Å². The molecule has 0 amide bonds. The molecule has 0 atom stereocenters. The third-order valence-electron chi connectivity index (χ3n) is 7.86. The molecule has 0 radical (unpaired) electrons. The highest BCUT2D eigenvalue weighted by atomic mass is 14.8. The fraction of sp³-hybridized carbons (Fsp3) is 0. The van der Waals surface area contributed by atoms with E-state index in [0.717, 1.165) is 77.8 Å². The summed E-state index contributed by atoms with van der Waals surface area (Å²) in [5.74, 6) is 0. The van der Waals surface area contributed by atoms with Gasteiger partial charge in [-0.25, -0.2) is 9.97 Å². The molecule has 0 aliphatic carbocycles. The minimum absolute atomic E-state index is 0.852. The lowest BCUT2D eigenvalue weighted by molar-refractivity contribution is 1.28. The van der Waals surface area contributed by atoms with Gasteiger partial charge in [-0.05, 0) is 89.0 Å². The summed E-state index contributed by atoms with van der Waals surface area (Å²) in [6.45, 7) is 0. The first-order chi connectivity index (χ1) is 21.8. The van der Waals surface area contributed by atoms with E-state index in [9.17, 15) is 0 Å². The third-order valence-corrected chi connectivity index (χ3v) is 7.86. The van der Waals surface area contributed by atoms with Crippen molar-refractivity contribution in [2.75, 3.05) is 0 Å². The Morgan fingerprint density at radius 1 is 0.341 bits per heavy atom. The number of aromatic nitrogens is 5. The monoisotopic (exact) mass is 563 g/mol. The molecular formula is C39H25N5. The molecule has 8 aromatic rings. The van der Waals surface area contributed by atoms with Crippen LogP contribution in [0.4, 0.5) is 0 Å². The second kappa shape index (κ2) is 11.0. The Morgan fingerprint density at radius 3 is 1.52 bits per heavy atom. The van der Waals surface area contributed by atoms with E-state index in [0.29, 0.717) is 0 Å². The first-order valence-corrected chi connectivity index (χ1v) is 14.5. The minimum Gasteiger partial charge on any atom is -0.264 e. The average Bonchev–Trinajstić information content (AvgIpc) is 3.11. The van der Waals surface area contributed by atoms with Crippen LogP contribution in [-0.4, -0.2) is 24.9 Å². The number of benzene rings is 3. The predicted molar refractivity (Wildman–Crippen MR) is 178 cm³/mol. The Balaban J connectivity index is 1.21. The Hall–Kier alpha value is -6.07. The van der Waals surface area contributed by atoms with Crippen LogP contribution in [0.2, 0.25) is 0 Å². The molecule has 5 heteroatoms. The molecule has 44 heavy (non-hydrogen) atoms. The molecule has 0 N–H and O–H groups in total. The third kappa shape index (κ3) is 4.97. The van der Waals surface area contributed by atoms with Gasteiger partial charge in [0, 0.05) is 58.4 Å². The van der Waals surface area contributed by atoms with Crippen molar-refractivity contribution in [1.29, 1.82) is 0 Å². The Kier molecular flexibility index (Phi) is 6.39. The van der Waals surface area contributed by atoms with Crippen LogP contribution in [0.5, 0.6) is 0 Å². The molecular weight excluding hydrogens is 538 g/mol. The van der Waals surface area contributed by atoms with Gasteiger partial charge in [-0.1, -0.05) is 54.6 Å². The van der Waals surface area contributed by atoms with Crippen molar-refractivity contribution in [3.05, 3.63) is 152 Å². The molecule has 3 aromatic carbocycles. The summed E-state index contributed by atoms with van der Waals surface area (Å²) < 4.78 is 0. The fourth-order valence-electron chi connectivity index (χ4n) is 5.59. The molecule has 0 aliphatic rings. The van der Waals surface area contributed by atoms with Crippen LogP contribution in [0, 0.1) is 0 Å². The lowest BCUT2D eigenvalue weighted by atomic mass is 9.94. The first kappa shape index (κ1) is 25.6. The van der Waals surface area contributed by atoms with E-state index >= 15 is 0 Å². The summed E-state index contributed by atoms with van der Waals surface area (Å²) >= 11 is 0. The predicted octanol–water partition coefficient (Wildman–Crippen LogP) is 9.30. The van der Waals surface area contributed by atoms with E-state index in [1.807, 2.05) is 48.8 Å². The van der Waals surface area contributed by atoms with Gasteiger partial charge >= 0.3 is 0 Å². The molecule has 0 saturated heterocycles. The van der Waals surface area contributed by atoms with E-state index in [4.69, 9.17) is 9.97 Å². The van der Waals surface area contributed by atoms with Crippen molar-refractivity contribution in [1.82, 2.24) is 24.9 Å². The van der Waals surface area contributed by atoms with Crippen molar-refractivity contribution >= 4 is 21.8 Å². The molecule has 0 unspecified atom stereocenters. The number of fused-ring (bicyclic) bond motifs is 2. The van der Waals surface area contributed by atoms with Crippen LogP contribution in [0.3, 0.4) is 0 Å². The van der Waals surface area contributed by atoms with E-state index in [1.165, 1.54) is 0 Å². The van der Waals surface area contributed by atoms with Crippen molar-refractivity contribution in [3.8, 4) is 56.0 Å². The normalized spacial score (nSPS) is 11.2. The highest BCUT2D eigenvalue weighted by molar-refractivity contribution is 5.90. The van der Waals surface area contributed by atoms with Crippen LogP contribution in [0.1, 0.15) is 0 Å². The number of hydrogen-bond acceptors (Lipinski definition) is 5. The second-order valence-electron chi connectivity index (χ2n) is 10.7. The summed E-state index contributed by atoms with van der Waals surface area (Å²) in [5.41, 5.74) is 12.0. The van der Waals surface area contributed by atoms with Crippen molar-refractivity contribution in [2.45, 2.75) is 0 Å². The Morgan fingerprint density at radius 2 is 0.909 bits per heavy atom. The first-order valence-electron chi connectivity index (χ1n) is 14.5. The fourth-order valence-corrected chi connectivity index (χ4v) is 5.59. The van der Waals surface area contributed by atoms with Crippen molar-refractivity contribution in [2.24, 2.45) is 0 Å². The molecule has 0 aliphatic heterocycles. The average molecular weight is 564 g/mol. The minimum atomic E-state index is 0.852. The standard InChI is InChI=1S/C39H25N5/c1-2-18-42-36(7-1)37-15-13-27-9-11-29(23-39(27)44-37)35-14-12-26-8-10-28(22-38(26)43-35)32-19-33(30-5-3-16-40-24-30)21-34(20-32)31-6-4-17-41-25-31/h1-25H. The zero-order valence-corrected chi connectivity index (χ0v) is 23.7. The van der Waals surface area contributed by atoms with Crippen LogP contribution in [0.15, 0.2) is 152 Å². The van der Waals surface area contributed by atoms with Gasteiger partial charge in [0.2, 0.25) is 0 Å². The number of hydrogen-bond donors (Lipinski definition) is 0. The topological polar surface area (TPSA) is 64.5 Å². The molecule has 5 heterocycles. The number of nitrogens with zero attached hydrogens (tertiary/aromatic N) is 5. The smallest absolute Gasteiger partial charge is 0.0893 e. The maximum absolute atomic E-state index is 5.12. The molecule has 0 fully saturated rings. The molecule has 0 saturated carbocycles. The summed E-state index contributed by atoms with van der Waals surface area (Å²) in [7, 11) is 0. The van der Waals surface area contributed by atoms with E-state index in [2.05, 4.69) is 99.9 Å². The highest BCUT2D eigenvalue weighted by Crippen LogP contribution is 2.34. The molecule has 5 aromatic heterocycles. The van der Waals surface area contributed by atoms with Gasteiger partial charge < -0.3 is 0 Å². The van der Waals surface area contributed by atoms with Gasteiger partial charge in [-0.3, -0.25) is 15.0 Å². The quantitative estimate of drug-likeness (QED) is 0.209. The SMILES string of the molecule is c1ccc(-c2ccc3ccc(-c4ccc5ccc(-c6cc(-c7cccnc7)cc(-c7cccnc7)c6)cc5n4)cc3n2)nc1. The molecule has 5 nitrogen and oxygen atoms in total. The summed E-state index contributed by atoms with van der Waals surface area (Å²) in [6, 6.07) is 41.7. The second-order valence-corrected chi connectivity index (χ2v) is 10.7. The highest BCUT2D eigenvalue weighted by Gasteiger charge is 2.11. The zero-order chi connectivity index (χ0) is 29.3. The summed E-state index contributed by atoms with van der Waals surface area (Å²) in [5, 5.41) is 2.17. The van der Waals surface area contributed by atoms with Crippen LogP contribution in [0.25, 0.3) is 77.8 Å². The van der Waals surface area contributed by atoms with Gasteiger partial charge in [0.1, 0.15) is 0 Å². The maximum atomic E-state index is 5.12. The molecule has 8 rings (SSSR count). The molecule has 206 valence electrons. The van der Waals surface area contributed by atoms with Crippen LogP contribution in [-0.2, 0) is 0 Å². The lowest BCUT2D eigenvalue weighted by Gasteiger charge is -2.12. The Bertz CT molecular complexity index is 2210. The van der Waals surface area contributed by atoms with Crippen molar-refractivity contribution in [3.63, 3.8) is 0 Å². The van der Waals surface area contributed by atoms with Crippen LogP contribution >= 0.6 is 0 Å². The molecule has 0 spiro atoms. The number of rotatable bonds is 5. The zero-order valence-electron chi connectivity index (χ0n) is 23.7. The van der Waals surface area contributed by atoms with Gasteiger partial charge in [0.25, 0.3) is 0 Å². The summed E-state index contributed by atoms with van der Waals surface area (Å²) in [4.78, 5) is 23.2. The van der Waals surface area contributed by atoms with E-state index < -0.39 is 0 Å². The largest absolute Gasteiger partial charge is 0.264 e. The van der Waals surface area contributed by atoms with Gasteiger partial charge in [0.15, 0.2) is 0 Å². The lowest BCUT2D eigenvalue weighted by Crippen LogP contribution is -1.90. The maximum Gasteiger partial charge on any atom is 0.0893 e. The van der Waals surface area contributed by atoms with Gasteiger partial charge in [-0.15, -0.1) is 0 Å². The van der Waals surface area contributed by atoms with Crippen LogP contribution < -0.4 is 0 Å². The number of pyridine rings is 5. The molecule has 0 bridgehead atoms. The van der Waals surface area contributed by atoms with Gasteiger partial charge in [0.05, 0.1) is 28.1 Å². The van der Waals surface area contributed by atoms with E-state index in [-0.39, 0.29) is 0 Å². The Labute approximate surface area is 254 Å². The van der Waals surface area contributed by atoms with E-state index in [1.54, 1.807) is 18.6 Å². The summed E-state index contributed by atoms with van der Waals surface area (Å²) in [6.07, 6.45) is 9.19. The van der Waals surface area contributed by atoms with Crippen molar-refractivity contribution < 1.29 is 0 Å².